The summed E-state index contributed by atoms with van der Waals surface area (Å²) in [5.41, 5.74) is 0. The zero-order chi connectivity index (χ0) is 24.2. The number of rotatable bonds is 13. The highest BCUT2D eigenvalue weighted by molar-refractivity contribution is 6.90. The summed E-state index contributed by atoms with van der Waals surface area (Å²) >= 11 is 0. The van der Waals surface area contributed by atoms with Crippen molar-refractivity contribution in [3.05, 3.63) is 12.7 Å². The van der Waals surface area contributed by atoms with Crippen molar-refractivity contribution in [2.24, 2.45) is 0 Å². The van der Waals surface area contributed by atoms with E-state index in [2.05, 4.69) is 6.58 Å². The molecule has 0 aromatic rings. The van der Waals surface area contributed by atoms with Gasteiger partial charge in [-0.2, -0.15) is 0 Å². The fourth-order valence-corrected chi connectivity index (χ4v) is 28.2. The van der Waals surface area contributed by atoms with Gasteiger partial charge in [0.15, 0.2) is 0 Å². The standard InChI is InChI=1S/C15H40O9Si6/c1-13-15(16)19-14-25(2,3)20-27(6,7)22-28(8,9)23-29(10,11)24-30(12,18)21-26(4,5)17/h13,17-18H,1,14H2,2-12H3. The fraction of sp³-hybridized carbons (Fsp3) is 0.800. The van der Waals surface area contributed by atoms with Gasteiger partial charge in [-0.3, -0.25) is 0 Å². The number of hydrogen-bond donors (Lipinski definition) is 2. The predicted molar refractivity (Wildman–Crippen MR) is 130 cm³/mol. The minimum absolute atomic E-state index is 0.205. The molecule has 0 heterocycles. The molecule has 30 heavy (non-hydrogen) atoms. The van der Waals surface area contributed by atoms with E-state index in [1.807, 2.05) is 52.4 Å². The zero-order valence-electron chi connectivity index (χ0n) is 20.2. The number of carbonyl (C=O) groups is 1. The summed E-state index contributed by atoms with van der Waals surface area (Å²) < 4.78 is 35.4. The summed E-state index contributed by atoms with van der Waals surface area (Å²) in [7, 11) is -17.0. The second kappa shape index (κ2) is 10.4. The first kappa shape index (κ1) is 30.2. The first-order chi connectivity index (χ1) is 13.0. The third kappa shape index (κ3) is 14.3. The molecular weight excluding hydrogens is 493 g/mol. The topological polar surface area (TPSA) is 113 Å². The first-order valence-electron chi connectivity index (χ1n) is 9.74. The molecule has 0 saturated heterocycles. The average molecular weight is 533 g/mol. The highest BCUT2D eigenvalue weighted by Gasteiger charge is 2.48. The molecule has 178 valence electrons. The van der Waals surface area contributed by atoms with Crippen LogP contribution in [-0.2, 0) is 30.1 Å². The normalized spacial score (nSPS) is 16.2. The molecule has 0 bridgehead atoms. The Kier molecular flexibility index (Phi) is 10.5. The van der Waals surface area contributed by atoms with Crippen LogP contribution in [0, 0.1) is 0 Å². The van der Waals surface area contributed by atoms with Crippen LogP contribution in [0.1, 0.15) is 0 Å². The molecule has 0 radical (unpaired) electrons. The smallest absolute Gasteiger partial charge is 0.463 e. The van der Waals surface area contributed by atoms with Crippen molar-refractivity contribution in [1.29, 1.82) is 0 Å². The number of ether oxygens (including phenoxy) is 1. The Morgan fingerprint density at radius 3 is 1.53 bits per heavy atom. The van der Waals surface area contributed by atoms with Crippen molar-refractivity contribution in [3.63, 3.8) is 0 Å². The van der Waals surface area contributed by atoms with Gasteiger partial charge >= 0.3 is 49.0 Å². The molecule has 0 aromatic heterocycles. The highest BCUT2D eigenvalue weighted by atomic mass is 28.5. The first-order valence-corrected chi connectivity index (χ1v) is 26.4. The lowest BCUT2D eigenvalue weighted by molar-refractivity contribution is -0.136. The molecule has 1 atom stereocenters. The SMILES string of the molecule is C=CC(=O)OC[Si](C)(C)O[Si](C)(C)O[Si](C)(C)O[Si](C)(C)O[Si](C)(O)O[Si](C)(C)O. The second-order valence-corrected chi connectivity index (χ2v) is 30.6. The molecule has 0 saturated carbocycles. The van der Waals surface area contributed by atoms with Gasteiger partial charge in [0.05, 0.1) is 0 Å². The maximum Gasteiger partial charge on any atom is 0.477 e. The van der Waals surface area contributed by atoms with Gasteiger partial charge in [0.25, 0.3) is 0 Å². The molecule has 0 aromatic carbocycles. The highest BCUT2D eigenvalue weighted by Crippen LogP contribution is 2.26. The minimum atomic E-state index is -3.55. The Labute approximate surface area is 187 Å². The molecule has 0 aliphatic heterocycles. The quantitative estimate of drug-likeness (QED) is 0.210. The molecule has 0 rings (SSSR count). The monoisotopic (exact) mass is 532 g/mol. The van der Waals surface area contributed by atoms with E-state index >= 15 is 0 Å². The van der Waals surface area contributed by atoms with Crippen molar-refractivity contribution < 1.29 is 39.7 Å². The van der Waals surface area contributed by atoms with Crippen LogP contribution in [0.15, 0.2) is 12.7 Å². The molecule has 9 nitrogen and oxygen atoms in total. The summed E-state index contributed by atoms with van der Waals surface area (Å²) in [5, 5.41) is 0. The fourth-order valence-electron chi connectivity index (χ4n) is 3.19. The molecule has 0 amide bonds. The average Bonchev–Trinajstić information content (AvgIpc) is 2.35. The Hall–Kier alpha value is 0.231. The summed E-state index contributed by atoms with van der Waals surface area (Å²) in [4.78, 5) is 31.8. The van der Waals surface area contributed by atoms with Crippen molar-refractivity contribution in [2.75, 3.05) is 6.23 Å². The van der Waals surface area contributed by atoms with Crippen molar-refractivity contribution in [2.45, 2.75) is 72.0 Å². The van der Waals surface area contributed by atoms with Crippen LogP contribution in [0.4, 0.5) is 0 Å². The van der Waals surface area contributed by atoms with E-state index in [0.717, 1.165) is 6.08 Å². The van der Waals surface area contributed by atoms with E-state index in [1.165, 1.54) is 6.55 Å². The second-order valence-electron chi connectivity index (χ2n) is 9.63. The van der Waals surface area contributed by atoms with Gasteiger partial charge in [-0.1, -0.05) is 6.58 Å². The maximum atomic E-state index is 11.4. The maximum absolute atomic E-state index is 11.4. The molecule has 0 aliphatic carbocycles. The third-order valence-corrected chi connectivity index (χ3v) is 23.0. The Morgan fingerprint density at radius 1 is 0.733 bits per heavy atom. The lowest BCUT2D eigenvalue weighted by Crippen LogP contribution is -2.61. The van der Waals surface area contributed by atoms with Crippen molar-refractivity contribution in [3.8, 4) is 0 Å². The van der Waals surface area contributed by atoms with E-state index < -0.39 is 57.3 Å². The summed E-state index contributed by atoms with van der Waals surface area (Å²) in [5.74, 6) is -0.477. The van der Waals surface area contributed by atoms with E-state index in [-0.39, 0.29) is 6.23 Å². The van der Waals surface area contributed by atoms with Crippen LogP contribution in [0.5, 0.6) is 0 Å². The lowest BCUT2D eigenvalue weighted by atomic mass is 10.7. The summed E-state index contributed by atoms with van der Waals surface area (Å²) in [6.45, 7) is 23.2. The van der Waals surface area contributed by atoms with Crippen molar-refractivity contribution in [1.82, 2.24) is 0 Å². The largest absolute Gasteiger partial charge is 0.477 e. The van der Waals surface area contributed by atoms with Gasteiger partial charge in [0.1, 0.15) is 6.23 Å². The van der Waals surface area contributed by atoms with Gasteiger partial charge in [-0.05, 0) is 65.5 Å². The van der Waals surface area contributed by atoms with Gasteiger partial charge in [-0.15, -0.1) is 0 Å². The van der Waals surface area contributed by atoms with Crippen LogP contribution in [-0.4, -0.2) is 73.2 Å². The summed E-state index contributed by atoms with van der Waals surface area (Å²) in [6, 6.07) is 0. The predicted octanol–water partition coefficient (Wildman–Crippen LogP) is 2.90. The van der Waals surface area contributed by atoms with E-state index in [9.17, 15) is 14.4 Å². The van der Waals surface area contributed by atoms with Gasteiger partial charge < -0.3 is 34.9 Å². The number of hydrogen-bond acceptors (Lipinski definition) is 9. The zero-order valence-corrected chi connectivity index (χ0v) is 26.2. The van der Waals surface area contributed by atoms with Crippen LogP contribution in [0.3, 0.4) is 0 Å². The number of esters is 1. The van der Waals surface area contributed by atoms with Crippen LogP contribution in [0.2, 0.25) is 72.0 Å². The van der Waals surface area contributed by atoms with Gasteiger partial charge in [0, 0.05) is 12.6 Å². The number of carbonyl (C=O) groups excluding carboxylic acids is 1. The molecular formula is C15H40O9Si6. The Balaban J connectivity index is 5.09. The molecule has 15 heteroatoms. The van der Waals surface area contributed by atoms with Gasteiger partial charge in [0.2, 0.25) is 8.32 Å². The molecule has 0 spiro atoms. The van der Waals surface area contributed by atoms with E-state index in [0.29, 0.717) is 0 Å². The summed E-state index contributed by atoms with van der Waals surface area (Å²) in [6.07, 6.45) is 1.33. The van der Waals surface area contributed by atoms with Crippen LogP contribution < -0.4 is 0 Å². The van der Waals surface area contributed by atoms with E-state index in [1.54, 1.807) is 13.1 Å². The molecule has 0 fully saturated rings. The Morgan fingerprint density at radius 2 is 1.13 bits per heavy atom. The molecule has 0 aliphatic rings. The van der Waals surface area contributed by atoms with Crippen molar-refractivity contribution >= 4 is 57.3 Å². The molecule has 2 N–H and O–H groups in total. The minimum Gasteiger partial charge on any atom is -0.463 e. The molecule has 1 unspecified atom stereocenters. The lowest BCUT2D eigenvalue weighted by Gasteiger charge is -2.41. The Bertz CT molecular complexity index is 602. The van der Waals surface area contributed by atoms with Crippen LogP contribution >= 0.6 is 0 Å². The third-order valence-electron chi connectivity index (χ3n) is 3.11. The van der Waals surface area contributed by atoms with E-state index in [4.69, 9.17) is 25.3 Å². The van der Waals surface area contributed by atoms with Crippen LogP contribution in [0.25, 0.3) is 0 Å². The van der Waals surface area contributed by atoms with Gasteiger partial charge in [-0.25, -0.2) is 4.79 Å².